The van der Waals surface area contributed by atoms with Crippen molar-refractivity contribution in [1.29, 1.82) is 0 Å². The molecule has 0 spiro atoms. The first-order valence-electron chi connectivity index (χ1n) is 8.20. The number of anilines is 1. The largest absolute Gasteiger partial charge is 0.340 e. The van der Waals surface area contributed by atoms with Crippen LogP contribution in [0.2, 0.25) is 10.0 Å². The van der Waals surface area contributed by atoms with Crippen LogP contribution in [0.25, 0.3) is 0 Å². The first kappa shape index (κ1) is 18.7. The molecule has 26 heavy (non-hydrogen) atoms. The molecule has 5 heteroatoms. The fraction of sp³-hybridized carbons (Fsp3) is 0.0952. The number of nitrogens with zero attached hydrogens (tertiary/aromatic N) is 1. The topological polar surface area (TPSA) is 15.3 Å². The van der Waals surface area contributed by atoms with E-state index in [1.54, 1.807) is 12.1 Å². The van der Waals surface area contributed by atoms with Crippen molar-refractivity contribution >= 4 is 46.2 Å². The molecular formula is C21H18Cl2N2S. The van der Waals surface area contributed by atoms with Gasteiger partial charge in [0.25, 0.3) is 0 Å². The molecule has 0 heterocycles. The zero-order valence-corrected chi connectivity index (χ0v) is 16.4. The van der Waals surface area contributed by atoms with Crippen LogP contribution >= 0.6 is 35.4 Å². The van der Waals surface area contributed by atoms with Crippen LogP contribution in [-0.2, 0) is 13.1 Å². The van der Waals surface area contributed by atoms with Gasteiger partial charge in [-0.1, -0.05) is 83.9 Å². The molecule has 2 nitrogen and oxygen atoms in total. The summed E-state index contributed by atoms with van der Waals surface area (Å²) in [5.41, 5.74) is 3.21. The Bertz CT molecular complexity index is 828. The van der Waals surface area contributed by atoms with Crippen molar-refractivity contribution in [3.63, 3.8) is 0 Å². The van der Waals surface area contributed by atoms with Crippen LogP contribution in [0.15, 0.2) is 78.9 Å². The molecule has 0 aliphatic carbocycles. The van der Waals surface area contributed by atoms with Gasteiger partial charge in [0, 0.05) is 18.8 Å². The van der Waals surface area contributed by atoms with Crippen LogP contribution in [0.3, 0.4) is 0 Å². The number of hydrogen-bond donors (Lipinski definition) is 1. The molecule has 0 radical (unpaired) electrons. The predicted octanol–water partition coefficient (Wildman–Crippen LogP) is 6.39. The third-order valence-electron chi connectivity index (χ3n) is 3.89. The van der Waals surface area contributed by atoms with Gasteiger partial charge < -0.3 is 10.2 Å². The second kappa shape index (κ2) is 9.04. The Hall–Kier alpha value is -2.07. The summed E-state index contributed by atoms with van der Waals surface area (Å²) in [7, 11) is 0. The highest BCUT2D eigenvalue weighted by Gasteiger charge is 2.12. The lowest BCUT2D eigenvalue weighted by atomic mass is 10.2. The molecule has 1 N–H and O–H groups in total. The number of rotatable bonds is 5. The zero-order chi connectivity index (χ0) is 18.4. The van der Waals surface area contributed by atoms with Crippen LogP contribution in [0.4, 0.5) is 5.69 Å². The van der Waals surface area contributed by atoms with Crippen LogP contribution in [0, 0.1) is 0 Å². The van der Waals surface area contributed by atoms with Crippen molar-refractivity contribution in [2.75, 3.05) is 5.32 Å². The summed E-state index contributed by atoms with van der Waals surface area (Å²) in [5, 5.41) is 4.92. The van der Waals surface area contributed by atoms with Gasteiger partial charge in [-0.25, -0.2) is 0 Å². The van der Waals surface area contributed by atoms with Crippen molar-refractivity contribution in [2.45, 2.75) is 13.1 Å². The van der Waals surface area contributed by atoms with E-state index in [-0.39, 0.29) is 0 Å². The third-order valence-corrected chi connectivity index (χ3v) is 4.99. The van der Waals surface area contributed by atoms with E-state index in [9.17, 15) is 0 Å². The molecule has 0 unspecified atom stereocenters. The Morgan fingerprint density at radius 2 is 1.31 bits per heavy atom. The van der Waals surface area contributed by atoms with Gasteiger partial charge in [-0.2, -0.15) is 0 Å². The first-order chi connectivity index (χ1) is 12.6. The molecule has 0 saturated carbocycles. The SMILES string of the molecule is S=C(Nc1ccc(Cl)c(Cl)c1)N(Cc1ccccc1)Cc1ccccc1. The smallest absolute Gasteiger partial charge is 0.174 e. The molecule has 0 aliphatic heterocycles. The van der Waals surface area contributed by atoms with Gasteiger partial charge in [-0.15, -0.1) is 0 Å². The molecule has 0 bridgehead atoms. The quantitative estimate of drug-likeness (QED) is 0.499. The van der Waals surface area contributed by atoms with Crippen molar-refractivity contribution in [3.05, 3.63) is 100 Å². The average Bonchev–Trinajstić information content (AvgIpc) is 2.66. The lowest BCUT2D eigenvalue weighted by molar-refractivity contribution is 0.413. The molecule has 0 aromatic heterocycles. The van der Waals surface area contributed by atoms with Crippen molar-refractivity contribution in [1.82, 2.24) is 4.90 Å². The van der Waals surface area contributed by atoms with Gasteiger partial charge in [-0.3, -0.25) is 0 Å². The van der Waals surface area contributed by atoms with Gasteiger partial charge in [0.2, 0.25) is 0 Å². The molecule has 0 saturated heterocycles. The Morgan fingerprint density at radius 3 is 1.81 bits per heavy atom. The molecule has 0 aliphatic rings. The zero-order valence-electron chi connectivity index (χ0n) is 14.0. The molecule has 3 rings (SSSR count). The van der Waals surface area contributed by atoms with Crippen LogP contribution in [0.1, 0.15) is 11.1 Å². The summed E-state index contributed by atoms with van der Waals surface area (Å²) in [6.45, 7) is 1.42. The van der Waals surface area contributed by atoms with Gasteiger partial charge in [0.05, 0.1) is 10.0 Å². The Balaban J connectivity index is 1.78. The maximum absolute atomic E-state index is 6.11. The highest BCUT2D eigenvalue weighted by atomic mass is 35.5. The molecule has 132 valence electrons. The third kappa shape index (κ3) is 5.21. The maximum atomic E-state index is 6.11. The minimum Gasteiger partial charge on any atom is -0.340 e. The number of nitrogens with one attached hydrogen (secondary N) is 1. The summed E-state index contributed by atoms with van der Waals surface area (Å²) in [5.74, 6) is 0. The summed E-state index contributed by atoms with van der Waals surface area (Å²) in [4.78, 5) is 2.13. The van der Waals surface area contributed by atoms with E-state index in [0.717, 1.165) is 5.69 Å². The summed E-state index contributed by atoms with van der Waals surface area (Å²) in [6.07, 6.45) is 0. The Morgan fingerprint density at radius 1 is 0.769 bits per heavy atom. The summed E-state index contributed by atoms with van der Waals surface area (Å²) < 4.78 is 0. The van der Waals surface area contributed by atoms with E-state index in [0.29, 0.717) is 28.2 Å². The van der Waals surface area contributed by atoms with Crippen molar-refractivity contribution < 1.29 is 0 Å². The Labute approximate surface area is 169 Å². The van der Waals surface area contributed by atoms with E-state index < -0.39 is 0 Å². The summed E-state index contributed by atoms with van der Waals surface area (Å²) >= 11 is 17.8. The van der Waals surface area contributed by atoms with Crippen molar-refractivity contribution in [2.24, 2.45) is 0 Å². The second-order valence-corrected chi connectivity index (χ2v) is 7.09. The molecule has 0 atom stereocenters. The fourth-order valence-corrected chi connectivity index (χ4v) is 3.13. The lowest BCUT2D eigenvalue weighted by Crippen LogP contribution is -2.33. The molecule has 0 amide bonds. The van der Waals surface area contributed by atoms with Gasteiger partial charge >= 0.3 is 0 Å². The standard InChI is InChI=1S/C21H18Cl2N2S/c22-19-12-11-18(13-20(19)23)24-21(26)25(14-16-7-3-1-4-8-16)15-17-9-5-2-6-10-17/h1-13H,14-15H2,(H,24,26). The first-order valence-corrected chi connectivity index (χ1v) is 9.37. The maximum Gasteiger partial charge on any atom is 0.174 e. The van der Waals surface area contributed by atoms with Gasteiger partial charge in [0.1, 0.15) is 0 Å². The van der Waals surface area contributed by atoms with Crippen LogP contribution in [0.5, 0.6) is 0 Å². The molecular weight excluding hydrogens is 383 g/mol. The summed E-state index contributed by atoms with van der Waals surface area (Å²) in [6, 6.07) is 25.9. The molecule has 3 aromatic rings. The van der Waals surface area contributed by atoms with E-state index in [1.165, 1.54) is 11.1 Å². The number of benzene rings is 3. The Kier molecular flexibility index (Phi) is 6.51. The number of halogens is 2. The van der Waals surface area contributed by atoms with Crippen molar-refractivity contribution in [3.8, 4) is 0 Å². The van der Waals surface area contributed by atoms with E-state index in [1.807, 2.05) is 42.5 Å². The van der Waals surface area contributed by atoms with Gasteiger partial charge in [0.15, 0.2) is 5.11 Å². The van der Waals surface area contributed by atoms with Gasteiger partial charge in [-0.05, 0) is 41.5 Å². The van der Waals surface area contributed by atoms with E-state index in [4.69, 9.17) is 35.4 Å². The highest BCUT2D eigenvalue weighted by molar-refractivity contribution is 7.80. The number of hydrogen-bond acceptors (Lipinski definition) is 1. The van der Waals surface area contributed by atoms with Crippen LogP contribution in [-0.4, -0.2) is 10.0 Å². The molecule has 0 fully saturated rings. The lowest BCUT2D eigenvalue weighted by Gasteiger charge is -2.26. The average molecular weight is 401 g/mol. The van der Waals surface area contributed by atoms with Crippen LogP contribution < -0.4 is 5.32 Å². The minimum atomic E-state index is 0.497. The minimum absolute atomic E-state index is 0.497. The van der Waals surface area contributed by atoms with E-state index >= 15 is 0 Å². The monoisotopic (exact) mass is 400 g/mol. The fourth-order valence-electron chi connectivity index (χ4n) is 2.58. The number of thiocarbonyl (C=S) groups is 1. The van der Waals surface area contributed by atoms with E-state index in [2.05, 4.69) is 34.5 Å². The molecule has 3 aromatic carbocycles. The normalized spacial score (nSPS) is 10.4. The second-order valence-electron chi connectivity index (χ2n) is 5.89. The predicted molar refractivity (Wildman–Crippen MR) is 115 cm³/mol. The highest BCUT2D eigenvalue weighted by Crippen LogP contribution is 2.25.